The minimum absolute atomic E-state index is 0.185. The second kappa shape index (κ2) is 9.47. The van der Waals surface area contributed by atoms with E-state index in [0.717, 1.165) is 46.6 Å². The van der Waals surface area contributed by atoms with Crippen molar-refractivity contribution in [3.05, 3.63) is 83.9 Å². The van der Waals surface area contributed by atoms with Gasteiger partial charge < -0.3 is 10.2 Å². The van der Waals surface area contributed by atoms with E-state index in [1.54, 1.807) is 10.9 Å². The van der Waals surface area contributed by atoms with Gasteiger partial charge in [-0.05, 0) is 74.4 Å². The summed E-state index contributed by atoms with van der Waals surface area (Å²) in [5.41, 5.74) is 6.22. The van der Waals surface area contributed by atoms with E-state index in [1.807, 2.05) is 61.5 Å². The first kappa shape index (κ1) is 21.3. The Morgan fingerprint density at radius 2 is 1.62 bits per heavy atom. The van der Waals surface area contributed by atoms with Crippen molar-refractivity contribution in [1.82, 2.24) is 15.0 Å². The van der Waals surface area contributed by atoms with Crippen LogP contribution in [-0.2, 0) is 4.79 Å². The number of anilines is 2. The van der Waals surface area contributed by atoms with Crippen LogP contribution in [0, 0.1) is 6.92 Å². The molecule has 0 atom stereocenters. The SMILES string of the molecule is CCN(CC)c1ccc(-n2nc3cc(C)c(NC(=O)/C=C/c4ccccc4)cc3n2)cc1. The van der Waals surface area contributed by atoms with Crippen molar-refractivity contribution < 1.29 is 4.79 Å². The first-order chi connectivity index (χ1) is 15.6. The van der Waals surface area contributed by atoms with Crippen LogP contribution in [0.25, 0.3) is 22.8 Å². The molecule has 0 aliphatic rings. The van der Waals surface area contributed by atoms with Crippen molar-refractivity contribution >= 4 is 34.4 Å². The predicted molar refractivity (Wildman–Crippen MR) is 131 cm³/mol. The standard InChI is InChI=1S/C26H27N5O/c1-4-30(5-2)21-12-14-22(15-13-21)31-28-24-17-19(3)23(18-25(24)29-31)27-26(32)16-11-20-9-7-6-8-10-20/h6-18H,4-5H2,1-3H3,(H,27,32)/b16-11+. The lowest BCUT2D eigenvalue weighted by molar-refractivity contribution is -0.111. The van der Waals surface area contributed by atoms with Gasteiger partial charge in [0.25, 0.3) is 0 Å². The van der Waals surface area contributed by atoms with E-state index in [1.165, 1.54) is 11.8 Å². The molecule has 0 fully saturated rings. The fraction of sp³-hybridized carbons (Fsp3) is 0.192. The molecule has 0 aliphatic carbocycles. The summed E-state index contributed by atoms with van der Waals surface area (Å²) < 4.78 is 0. The molecule has 0 unspecified atom stereocenters. The third-order valence-electron chi connectivity index (χ3n) is 5.42. The zero-order valence-corrected chi connectivity index (χ0v) is 18.6. The van der Waals surface area contributed by atoms with Gasteiger partial charge in [-0.2, -0.15) is 4.80 Å². The Balaban J connectivity index is 1.54. The van der Waals surface area contributed by atoms with Crippen molar-refractivity contribution in [2.75, 3.05) is 23.3 Å². The maximum atomic E-state index is 12.4. The van der Waals surface area contributed by atoms with Crippen molar-refractivity contribution in [2.45, 2.75) is 20.8 Å². The summed E-state index contributed by atoms with van der Waals surface area (Å²) >= 11 is 0. The number of fused-ring (bicyclic) bond motifs is 1. The summed E-state index contributed by atoms with van der Waals surface area (Å²) in [4.78, 5) is 16.3. The van der Waals surface area contributed by atoms with Gasteiger partial charge >= 0.3 is 0 Å². The summed E-state index contributed by atoms with van der Waals surface area (Å²) in [6.45, 7) is 8.18. The van der Waals surface area contributed by atoms with Gasteiger partial charge in [-0.15, -0.1) is 10.2 Å². The van der Waals surface area contributed by atoms with Gasteiger partial charge in [0, 0.05) is 30.5 Å². The van der Waals surface area contributed by atoms with Crippen LogP contribution < -0.4 is 10.2 Å². The van der Waals surface area contributed by atoms with E-state index in [-0.39, 0.29) is 5.91 Å². The molecular weight excluding hydrogens is 398 g/mol. The lowest BCUT2D eigenvalue weighted by atomic mass is 10.1. The van der Waals surface area contributed by atoms with E-state index >= 15 is 0 Å². The molecule has 1 aromatic heterocycles. The van der Waals surface area contributed by atoms with Gasteiger partial charge in [0.15, 0.2) is 0 Å². The summed E-state index contributed by atoms with van der Waals surface area (Å²) in [6.07, 6.45) is 3.33. The number of hydrogen-bond donors (Lipinski definition) is 1. The minimum atomic E-state index is -0.185. The first-order valence-electron chi connectivity index (χ1n) is 10.8. The topological polar surface area (TPSA) is 63.1 Å². The van der Waals surface area contributed by atoms with Crippen molar-refractivity contribution in [2.24, 2.45) is 0 Å². The Kier molecular flexibility index (Phi) is 6.31. The highest BCUT2D eigenvalue weighted by Gasteiger charge is 2.10. The molecule has 0 aliphatic heterocycles. The lowest BCUT2D eigenvalue weighted by Gasteiger charge is -2.20. The van der Waals surface area contributed by atoms with Gasteiger partial charge in [0.05, 0.1) is 5.69 Å². The molecule has 1 heterocycles. The number of nitrogens with zero attached hydrogens (tertiary/aromatic N) is 4. The van der Waals surface area contributed by atoms with E-state index < -0.39 is 0 Å². The number of aromatic nitrogens is 3. The average Bonchev–Trinajstić information content (AvgIpc) is 3.22. The van der Waals surface area contributed by atoms with Crippen LogP contribution in [0.3, 0.4) is 0 Å². The van der Waals surface area contributed by atoms with Crippen LogP contribution in [0.15, 0.2) is 72.8 Å². The molecule has 0 saturated carbocycles. The molecule has 6 heteroatoms. The zero-order chi connectivity index (χ0) is 22.5. The van der Waals surface area contributed by atoms with Gasteiger partial charge in [-0.25, -0.2) is 0 Å². The summed E-state index contributed by atoms with van der Waals surface area (Å²) in [6, 6.07) is 21.8. The molecule has 32 heavy (non-hydrogen) atoms. The predicted octanol–water partition coefficient (Wildman–Crippen LogP) is 5.23. The molecule has 4 aromatic rings. The number of carbonyl (C=O) groups is 1. The fourth-order valence-corrected chi connectivity index (χ4v) is 3.61. The molecule has 0 radical (unpaired) electrons. The Bertz CT molecular complexity index is 1240. The molecule has 0 spiro atoms. The molecule has 4 rings (SSSR count). The summed E-state index contributed by atoms with van der Waals surface area (Å²) in [7, 11) is 0. The number of carbonyl (C=O) groups excluding carboxylic acids is 1. The average molecular weight is 426 g/mol. The Morgan fingerprint density at radius 1 is 0.969 bits per heavy atom. The highest BCUT2D eigenvalue weighted by Crippen LogP contribution is 2.23. The van der Waals surface area contributed by atoms with Gasteiger partial charge in [-0.3, -0.25) is 4.79 Å². The van der Waals surface area contributed by atoms with Crippen LogP contribution >= 0.6 is 0 Å². The number of benzene rings is 3. The molecule has 6 nitrogen and oxygen atoms in total. The normalized spacial score (nSPS) is 11.2. The second-order valence-corrected chi connectivity index (χ2v) is 7.57. The molecule has 162 valence electrons. The summed E-state index contributed by atoms with van der Waals surface area (Å²) in [5.74, 6) is -0.185. The van der Waals surface area contributed by atoms with E-state index in [9.17, 15) is 4.79 Å². The maximum Gasteiger partial charge on any atom is 0.248 e. The maximum absolute atomic E-state index is 12.4. The smallest absolute Gasteiger partial charge is 0.248 e. The van der Waals surface area contributed by atoms with Crippen LogP contribution in [0.4, 0.5) is 11.4 Å². The number of nitrogens with one attached hydrogen (secondary N) is 1. The number of aryl methyl sites for hydroxylation is 1. The largest absolute Gasteiger partial charge is 0.372 e. The Labute approximate surface area is 188 Å². The van der Waals surface area contributed by atoms with Gasteiger partial charge in [-0.1, -0.05) is 30.3 Å². The minimum Gasteiger partial charge on any atom is -0.372 e. The Morgan fingerprint density at radius 3 is 2.28 bits per heavy atom. The third-order valence-corrected chi connectivity index (χ3v) is 5.42. The third kappa shape index (κ3) is 4.70. The van der Waals surface area contributed by atoms with Crippen LogP contribution in [0.5, 0.6) is 0 Å². The highest BCUT2D eigenvalue weighted by atomic mass is 16.1. The fourth-order valence-electron chi connectivity index (χ4n) is 3.61. The van der Waals surface area contributed by atoms with Crippen LogP contribution in [0.2, 0.25) is 0 Å². The number of amides is 1. The van der Waals surface area contributed by atoms with Crippen molar-refractivity contribution in [3.63, 3.8) is 0 Å². The zero-order valence-electron chi connectivity index (χ0n) is 18.6. The summed E-state index contributed by atoms with van der Waals surface area (Å²) in [5, 5.41) is 12.2. The van der Waals surface area contributed by atoms with E-state index in [0.29, 0.717) is 0 Å². The highest BCUT2D eigenvalue weighted by molar-refractivity contribution is 6.03. The van der Waals surface area contributed by atoms with Gasteiger partial charge in [0.1, 0.15) is 11.0 Å². The number of hydrogen-bond acceptors (Lipinski definition) is 4. The second-order valence-electron chi connectivity index (χ2n) is 7.57. The van der Waals surface area contributed by atoms with Crippen molar-refractivity contribution in [3.8, 4) is 5.69 Å². The Hall–Kier alpha value is -3.93. The van der Waals surface area contributed by atoms with E-state index in [2.05, 4.69) is 46.4 Å². The van der Waals surface area contributed by atoms with Crippen LogP contribution in [-0.4, -0.2) is 34.0 Å². The molecule has 1 N–H and O–H groups in total. The lowest BCUT2D eigenvalue weighted by Crippen LogP contribution is -2.21. The van der Waals surface area contributed by atoms with Crippen molar-refractivity contribution in [1.29, 1.82) is 0 Å². The molecule has 3 aromatic carbocycles. The number of rotatable bonds is 7. The van der Waals surface area contributed by atoms with E-state index in [4.69, 9.17) is 0 Å². The van der Waals surface area contributed by atoms with Crippen LogP contribution in [0.1, 0.15) is 25.0 Å². The monoisotopic (exact) mass is 425 g/mol. The van der Waals surface area contributed by atoms with Gasteiger partial charge in [0.2, 0.25) is 5.91 Å². The molecular formula is C26H27N5O. The first-order valence-corrected chi connectivity index (χ1v) is 10.8. The molecule has 1 amide bonds. The molecule has 0 saturated heterocycles. The molecule has 0 bridgehead atoms. The quantitative estimate of drug-likeness (QED) is 0.412.